The Morgan fingerprint density at radius 1 is 1.33 bits per heavy atom. The highest BCUT2D eigenvalue weighted by Crippen LogP contribution is 2.39. The second kappa shape index (κ2) is 7.61. The minimum atomic E-state index is -3.76. The predicted molar refractivity (Wildman–Crippen MR) is 85.5 cm³/mol. The maximum Gasteiger partial charge on any atom is 0.317 e. The smallest absolute Gasteiger partial charge is 0.317 e. The van der Waals surface area contributed by atoms with Gasteiger partial charge in [-0.25, -0.2) is 21.9 Å². The Bertz CT molecular complexity index is 550. The van der Waals surface area contributed by atoms with Gasteiger partial charge in [0.05, 0.1) is 12.3 Å². The van der Waals surface area contributed by atoms with Gasteiger partial charge < -0.3 is 5.11 Å². The number of carboxylic acids is 1. The molecule has 0 aromatic rings. The Labute approximate surface area is 141 Å². The van der Waals surface area contributed by atoms with E-state index in [0.717, 1.165) is 0 Å². The van der Waals surface area contributed by atoms with Crippen molar-refractivity contribution in [1.82, 2.24) is 9.62 Å². The monoisotopic (exact) mass is 368 g/mol. The zero-order valence-corrected chi connectivity index (χ0v) is 14.7. The fourth-order valence-corrected chi connectivity index (χ4v) is 5.33. The van der Waals surface area contributed by atoms with Crippen LogP contribution in [-0.2, 0) is 14.8 Å². The first-order chi connectivity index (χ1) is 11.1. The molecule has 2 rings (SSSR count). The van der Waals surface area contributed by atoms with Gasteiger partial charge in [-0.15, -0.1) is 0 Å². The Kier molecular flexibility index (Phi) is 6.19. The molecule has 1 unspecified atom stereocenters. The SMILES string of the molecule is CCN(CC(=O)O)C1CC(NS(=O)(=O)CC2CCCCC2(F)F)C1. The fourth-order valence-electron chi connectivity index (χ4n) is 3.59. The van der Waals surface area contributed by atoms with E-state index in [1.54, 1.807) is 4.90 Å². The number of nitrogens with one attached hydrogen (secondary N) is 1. The van der Waals surface area contributed by atoms with Crippen LogP contribution in [0.5, 0.6) is 0 Å². The fraction of sp³-hybridized carbons (Fsp3) is 0.933. The summed E-state index contributed by atoms with van der Waals surface area (Å²) in [4.78, 5) is 12.6. The van der Waals surface area contributed by atoms with Crippen LogP contribution in [0.3, 0.4) is 0 Å². The topological polar surface area (TPSA) is 86.7 Å². The van der Waals surface area contributed by atoms with Gasteiger partial charge in [0, 0.05) is 24.4 Å². The van der Waals surface area contributed by atoms with Gasteiger partial charge in [-0.05, 0) is 32.2 Å². The van der Waals surface area contributed by atoms with Gasteiger partial charge in [-0.1, -0.05) is 13.3 Å². The normalized spacial score (nSPS) is 30.1. The van der Waals surface area contributed by atoms with E-state index in [1.165, 1.54) is 0 Å². The van der Waals surface area contributed by atoms with Crippen LogP contribution < -0.4 is 4.72 Å². The Morgan fingerprint density at radius 3 is 2.54 bits per heavy atom. The van der Waals surface area contributed by atoms with Crippen molar-refractivity contribution in [2.75, 3.05) is 18.8 Å². The van der Waals surface area contributed by atoms with Gasteiger partial charge in [-0.3, -0.25) is 9.69 Å². The molecule has 24 heavy (non-hydrogen) atoms. The molecule has 0 spiro atoms. The minimum Gasteiger partial charge on any atom is -0.480 e. The second-order valence-electron chi connectivity index (χ2n) is 6.88. The molecular weight excluding hydrogens is 342 g/mol. The average molecular weight is 368 g/mol. The Balaban J connectivity index is 1.82. The first-order valence-electron chi connectivity index (χ1n) is 8.46. The van der Waals surface area contributed by atoms with Gasteiger partial charge in [0.15, 0.2) is 0 Å². The number of carboxylic acid groups (broad SMARTS) is 1. The number of halogens is 2. The quantitative estimate of drug-likeness (QED) is 0.681. The molecule has 0 aliphatic heterocycles. The lowest BCUT2D eigenvalue weighted by Crippen LogP contribution is -2.55. The largest absolute Gasteiger partial charge is 0.480 e. The van der Waals surface area contributed by atoms with E-state index < -0.39 is 33.6 Å². The van der Waals surface area contributed by atoms with Crippen molar-refractivity contribution in [3.8, 4) is 0 Å². The van der Waals surface area contributed by atoms with Crippen LogP contribution in [0.4, 0.5) is 8.78 Å². The molecule has 0 bridgehead atoms. The summed E-state index contributed by atoms with van der Waals surface area (Å²) in [6.07, 6.45) is 2.12. The van der Waals surface area contributed by atoms with E-state index in [9.17, 15) is 22.0 Å². The number of rotatable bonds is 8. The van der Waals surface area contributed by atoms with Crippen molar-refractivity contribution in [3.63, 3.8) is 0 Å². The maximum absolute atomic E-state index is 13.8. The van der Waals surface area contributed by atoms with Crippen LogP contribution >= 0.6 is 0 Å². The van der Waals surface area contributed by atoms with Crippen molar-refractivity contribution in [1.29, 1.82) is 0 Å². The van der Waals surface area contributed by atoms with Gasteiger partial charge >= 0.3 is 5.97 Å². The van der Waals surface area contributed by atoms with Crippen LogP contribution in [0.2, 0.25) is 0 Å². The number of carbonyl (C=O) groups is 1. The molecular formula is C15H26F2N2O4S. The molecule has 2 aliphatic rings. The highest BCUT2D eigenvalue weighted by atomic mass is 32.2. The highest BCUT2D eigenvalue weighted by Gasteiger charge is 2.44. The van der Waals surface area contributed by atoms with Crippen LogP contribution in [0.15, 0.2) is 0 Å². The first-order valence-corrected chi connectivity index (χ1v) is 10.1. The van der Waals surface area contributed by atoms with E-state index in [2.05, 4.69) is 4.72 Å². The van der Waals surface area contributed by atoms with E-state index in [4.69, 9.17) is 5.11 Å². The third-order valence-corrected chi connectivity index (χ3v) is 6.58. The summed E-state index contributed by atoms with van der Waals surface area (Å²) in [6, 6.07) is -0.269. The van der Waals surface area contributed by atoms with E-state index in [0.29, 0.717) is 32.2 Å². The minimum absolute atomic E-state index is 0.0231. The summed E-state index contributed by atoms with van der Waals surface area (Å²) in [5.41, 5.74) is 0. The van der Waals surface area contributed by atoms with Crippen LogP contribution in [-0.4, -0.2) is 61.2 Å². The molecule has 1 atom stereocenters. The van der Waals surface area contributed by atoms with E-state index in [1.807, 2.05) is 6.92 Å². The van der Waals surface area contributed by atoms with Crippen molar-refractivity contribution in [3.05, 3.63) is 0 Å². The molecule has 0 saturated heterocycles. The molecule has 0 radical (unpaired) electrons. The van der Waals surface area contributed by atoms with Crippen molar-refractivity contribution in [2.24, 2.45) is 5.92 Å². The summed E-state index contributed by atoms with van der Waals surface area (Å²) in [6.45, 7) is 2.35. The second-order valence-corrected chi connectivity index (χ2v) is 8.68. The lowest BCUT2D eigenvalue weighted by molar-refractivity contribution is -0.139. The number of hydrogen-bond donors (Lipinski definition) is 2. The zero-order valence-electron chi connectivity index (χ0n) is 13.9. The van der Waals surface area contributed by atoms with Gasteiger partial charge in [-0.2, -0.15) is 0 Å². The summed E-state index contributed by atoms with van der Waals surface area (Å²) in [7, 11) is -3.76. The number of nitrogens with zero attached hydrogens (tertiary/aromatic N) is 1. The van der Waals surface area contributed by atoms with E-state index in [-0.39, 0.29) is 31.5 Å². The molecule has 2 N–H and O–H groups in total. The van der Waals surface area contributed by atoms with Crippen LogP contribution in [0.25, 0.3) is 0 Å². The molecule has 2 saturated carbocycles. The van der Waals surface area contributed by atoms with Crippen molar-refractivity contribution < 1.29 is 27.1 Å². The number of aliphatic carboxylic acids is 1. The number of sulfonamides is 1. The summed E-state index contributed by atoms with van der Waals surface area (Å²) in [5, 5.41) is 8.84. The van der Waals surface area contributed by atoms with Crippen LogP contribution in [0.1, 0.15) is 45.4 Å². The third-order valence-electron chi connectivity index (χ3n) is 5.05. The maximum atomic E-state index is 13.8. The summed E-state index contributed by atoms with van der Waals surface area (Å²) >= 11 is 0. The number of hydrogen-bond acceptors (Lipinski definition) is 4. The first kappa shape index (κ1) is 19.5. The number of likely N-dealkylation sites (N-methyl/N-ethyl adjacent to an activating group) is 1. The molecule has 2 aliphatic carbocycles. The number of alkyl halides is 2. The molecule has 140 valence electrons. The summed E-state index contributed by atoms with van der Waals surface area (Å²) in [5.74, 6) is -5.47. The van der Waals surface area contributed by atoms with Crippen molar-refractivity contribution in [2.45, 2.75) is 63.5 Å². The molecule has 0 heterocycles. The Morgan fingerprint density at radius 2 is 2.00 bits per heavy atom. The highest BCUT2D eigenvalue weighted by molar-refractivity contribution is 7.89. The lowest BCUT2D eigenvalue weighted by atomic mass is 9.86. The summed E-state index contributed by atoms with van der Waals surface area (Å²) < 4.78 is 54.5. The molecule has 2 fully saturated rings. The molecule has 0 aromatic carbocycles. The van der Waals surface area contributed by atoms with Crippen LogP contribution in [0, 0.1) is 5.92 Å². The zero-order chi connectivity index (χ0) is 18.0. The van der Waals surface area contributed by atoms with Crippen molar-refractivity contribution >= 4 is 16.0 Å². The van der Waals surface area contributed by atoms with Gasteiger partial charge in [0.1, 0.15) is 0 Å². The predicted octanol–water partition coefficient (Wildman–Crippen LogP) is 1.67. The molecule has 0 aromatic heterocycles. The average Bonchev–Trinajstić information content (AvgIpc) is 2.42. The van der Waals surface area contributed by atoms with Gasteiger partial charge in [0.25, 0.3) is 5.92 Å². The molecule has 0 amide bonds. The molecule has 9 heteroatoms. The lowest BCUT2D eigenvalue weighted by Gasteiger charge is -2.42. The Hall–Kier alpha value is -0.800. The molecule has 6 nitrogen and oxygen atoms in total. The standard InChI is InChI=1S/C15H26F2N2O4S/c1-2-19(9-14(20)21)13-7-12(8-13)18-24(22,23)10-11-5-3-4-6-15(11,16)17/h11-13,18H,2-10H2,1H3,(H,20,21). The van der Waals surface area contributed by atoms with E-state index >= 15 is 0 Å². The third kappa shape index (κ3) is 5.10. The van der Waals surface area contributed by atoms with Gasteiger partial charge in [0.2, 0.25) is 10.0 Å².